The maximum Gasteiger partial charge on any atom is 0.198 e. The summed E-state index contributed by atoms with van der Waals surface area (Å²) in [6, 6.07) is 6.83. The zero-order chi connectivity index (χ0) is 15.6. The highest BCUT2D eigenvalue weighted by molar-refractivity contribution is 9.10. The van der Waals surface area contributed by atoms with Gasteiger partial charge in [0.05, 0.1) is 19.8 Å². The van der Waals surface area contributed by atoms with E-state index in [1.54, 1.807) is 12.1 Å². The van der Waals surface area contributed by atoms with Gasteiger partial charge in [0.1, 0.15) is 21.8 Å². The monoisotopic (exact) mass is 353 g/mol. The van der Waals surface area contributed by atoms with Crippen LogP contribution in [0.25, 0.3) is 0 Å². The molecule has 0 saturated heterocycles. The lowest BCUT2D eigenvalue weighted by Crippen LogP contribution is -2.08. The Labute approximate surface area is 129 Å². The molecule has 0 aliphatic carbocycles. The summed E-state index contributed by atoms with van der Waals surface area (Å²) in [5.74, 6) is -0.120. The Bertz CT molecular complexity index is 704. The average Bonchev–Trinajstić information content (AvgIpc) is 2.48. The van der Waals surface area contributed by atoms with E-state index >= 15 is 0 Å². The minimum Gasteiger partial charge on any atom is -0.495 e. The summed E-state index contributed by atoms with van der Waals surface area (Å²) in [6.45, 7) is 0. The van der Waals surface area contributed by atoms with E-state index in [1.165, 1.54) is 26.4 Å². The van der Waals surface area contributed by atoms with Gasteiger partial charge in [-0.1, -0.05) is 0 Å². The normalized spacial score (nSPS) is 10.3. The van der Waals surface area contributed by atoms with Gasteiger partial charge >= 0.3 is 0 Å². The van der Waals surface area contributed by atoms with Crippen LogP contribution in [-0.4, -0.2) is 20.0 Å². The fourth-order valence-electron chi connectivity index (χ4n) is 1.94. The van der Waals surface area contributed by atoms with E-state index in [9.17, 15) is 9.18 Å². The highest BCUT2D eigenvalue weighted by atomic mass is 79.9. The van der Waals surface area contributed by atoms with Gasteiger partial charge in [0.15, 0.2) is 5.78 Å². The second-order valence-electron chi connectivity index (χ2n) is 4.22. The SMILES string of the molecule is COc1ccc(C(=O)c2cc(F)ccc2N)c(OC)c1Br. The molecule has 2 aromatic carbocycles. The van der Waals surface area contributed by atoms with Gasteiger partial charge in [-0.2, -0.15) is 0 Å². The van der Waals surface area contributed by atoms with Crippen molar-refractivity contribution in [3.63, 3.8) is 0 Å². The van der Waals surface area contributed by atoms with Crippen LogP contribution < -0.4 is 15.2 Å². The summed E-state index contributed by atoms with van der Waals surface area (Å²) in [7, 11) is 2.94. The molecule has 0 unspecified atom stereocenters. The Hall–Kier alpha value is -2.08. The zero-order valence-electron chi connectivity index (χ0n) is 11.4. The van der Waals surface area contributed by atoms with Gasteiger partial charge in [0.25, 0.3) is 0 Å². The molecule has 0 atom stereocenters. The van der Waals surface area contributed by atoms with E-state index in [0.717, 1.165) is 6.07 Å². The largest absolute Gasteiger partial charge is 0.495 e. The van der Waals surface area contributed by atoms with Gasteiger partial charge in [-0.25, -0.2) is 4.39 Å². The number of anilines is 1. The van der Waals surface area contributed by atoms with Crippen LogP contribution in [0.3, 0.4) is 0 Å². The smallest absolute Gasteiger partial charge is 0.198 e. The lowest BCUT2D eigenvalue weighted by molar-refractivity contribution is 0.103. The average molecular weight is 354 g/mol. The molecule has 21 heavy (non-hydrogen) atoms. The first-order valence-electron chi connectivity index (χ1n) is 5.99. The predicted molar refractivity (Wildman–Crippen MR) is 81.5 cm³/mol. The molecular formula is C15H13BrFNO3. The Balaban J connectivity index is 2.58. The van der Waals surface area contributed by atoms with Crippen LogP contribution in [0.5, 0.6) is 11.5 Å². The number of halogens is 2. The van der Waals surface area contributed by atoms with Gasteiger partial charge in [0.2, 0.25) is 0 Å². The third-order valence-electron chi connectivity index (χ3n) is 2.99. The van der Waals surface area contributed by atoms with Crippen LogP contribution in [0.15, 0.2) is 34.8 Å². The summed E-state index contributed by atoms with van der Waals surface area (Å²) >= 11 is 3.32. The van der Waals surface area contributed by atoms with Crippen molar-refractivity contribution in [3.8, 4) is 11.5 Å². The molecule has 2 rings (SSSR count). The number of rotatable bonds is 4. The Kier molecular flexibility index (Phi) is 4.47. The first kappa shape index (κ1) is 15.3. The predicted octanol–water partition coefficient (Wildman–Crippen LogP) is 3.42. The minimum absolute atomic E-state index is 0.0883. The number of hydrogen-bond acceptors (Lipinski definition) is 4. The Morgan fingerprint density at radius 3 is 2.48 bits per heavy atom. The van der Waals surface area contributed by atoms with Crippen molar-refractivity contribution in [1.29, 1.82) is 0 Å². The fourth-order valence-corrected chi connectivity index (χ4v) is 2.61. The molecule has 0 amide bonds. The third-order valence-corrected chi connectivity index (χ3v) is 3.74. The van der Waals surface area contributed by atoms with Crippen molar-refractivity contribution >= 4 is 27.4 Å². The topological polar surface area (TPSA) is 61.5 Å². The van der Waals surface area contributed by atoms with Crippen LogP contribution in [-0.2, 0) is 0 Å². The number of benzene rings is 2. The molecule has 110 valence electrons. The molecule has 0 saturated carbocycles. The molecule has 6 heteroatoms. The number of hydrogen-bond donors (Lipinski definition) is 1. The maximum atomic E-state index is 13.3. The van der Waals surface area contributed by atoms with Crippen LogP contribution in [0, 0.1) is 5.82 Å². The van der Waals surface area contributed by atoms with E-state index in [4.69, 9.17) is 15.2 Å². The van der Waals surface area contributed by atoms with Gasteiger partial charge in [-0.05, 0) is 46.3 Å². The summed E-state index contributed by atoms with van der Waals surface area (Å²) in [5.41, 5.74) is 6.31. The van der Waals surface area contributed by atoms with Crippen molar-refractivity contribution in [2.45, 2.75) is 0 Å². The second kappa shape index (κ2) is 6.13. The van der Waals surface area contributed by atoms with Crippen molar-refractivity contribution < 1.29 is 18.7 Å². The van der Waals surface area contributed by atoms with Crippen LogP contribution in [0.1, 0.15) is 15.9 Å². The van der Waals surface area contributed by atoms with E-state index in [-0.39, 0.29) is 16.8 Å². The number of carbonyl (C=O) groups is 1. The Morgan fingerprint density at radius 1 is 1.14 bits per heavy atom. The first-order chi connectivity index (χ1) is 9.99. The number of ether oxygens (including phenoxy) is 2. The highest BCUT2D eigenvalue weighted by Gasteiger charge is 2.21. The number of nitrogens with two attached hydrogens (primary N) is 1. The number of ketones is 1. The maximum absolute atomic E-state index is 13.3. The van der Waals surface area contributed by atoms with E-state index < -0.39 is 11.6 Å². The number of methoxy groups -OCH3 is 2. The van der Waals surface area contributed by atoms with Gasteiger partial charge in [0, 0.05) is 11.3 Å². The lowest BCUT2D eigenvalue weighted by Gasteiger charge is -2.13. The van der Waals surface area contributed by atoms with Gasteiger partial charge in [-0.3, -0.25) is 4.79 Å². The molecule has 0 radical (unpaired) electrons. The molecule has 0 bridgehead atoms. The summed E-state index contributed by atoms with van der Waals surface area (Å²) in [5, 5.41) is 0. The van der Waals surface area contributed by atoms with Crippen molar-refractivity contribution in [2.24, 2.45) is 0 Å². The van der Waals surface area contributed by atoms with E-state index in [0.29, 0.717) is 16.0 Å². The summed E-state index contributed by atoms with van der Waals surface area (Å²) < 4.78 is 24.2. The molecule has 0 spiro atoms. The molecule has 0 aliphatic heterocycles. The lowest BCUT2D eigenvalue weighted by atomic mass is 10.0. The van der Waals surface area contributed by atoms with Crippen LogP contribution in [0.2, 0.25) is 0 Å². The molecule has 4 nitrogen and oxygen atoms in total. The minimum atomic E-state index is -0.529. The van der Waals surface area contributed by atoms with Crippen LogP contribution in [0.4, 0.5) is 10.1 Å². The van der Waals surface area contributed by atoms with E-state index in [2.05, 4.69) is 15.9 Å². The van der Waals surface area contributed by atoms with Gasteiger partial charge in [-0.15, -0.1) is 0 Å². The zero-order valence-corrected chi connectivity index (χ0v) is 13.0. The molecule has 2 aromatic rings. The number of nitrogen functional groups attached to an aromatic ring is 1. The summed E-state index contributed by atoms with van der Waals surface area (Å²) in [6.07, 6.45) is 0. The first-order valence-corrected chi connectivity index (χ1v) is 6.79. The van der Waals surface area contributed by atoms with Crippen molar-refractivity contribution in [3.05, 3.63) is 51.7 Å². The molecule has 2 N–H and O–H groups in total. The standard InChI is InChI=1S/C15H13BrFNO3/c1-20-12-6-4-9(15(21-2)13(12)16)14(19)10-7-8(17)3-5-11(10)18/h3-7H,18H2,1-2H3. The molecular weight excluding hydrogens is 341 g/mol. The Morgan fingerprint density at radius 2 is 1.86 bits per heavy atom. The van der Waals surface area contributed by atoms with Crippen molar-refractivity contribution in [1.82, 2.24) is 0 Å². The molecule has 0 aliphatic rings. The highest BCUT2D eigenvalue weighted by Crippen LogP contribution is 2.38. The quantitative estimate of drug-likeness (QED) is 0.675. The molecule has 0 fully saturated rings. The number of carbonyl (C=O) groups excluding carboxylic acids is 1. The summed E-state index contributed by atoms with van der Waals surface area (Å²) in [4.78, 5) is 12.6. The van der Waals surface area contributed by atoms with Crippen LogP contribution >= 0.6 is 15.9 Å². The van der Waals surface area contributed by atoms with E-state index in [1.807, 2.05) is 0 Å². The van der Waals surface area contributed by atoms with Gasteiger partial charge < -0.3 is 15.2 Å². The fraction of sp³-hybridized carbons (Fsp3) is 0.133. The second-order valence-corrected chi connectivity index (χ2v) is 5.02. The molecule has 0 heterocycles. The third kappa shape index (κ3) is 2.85. The van der Waals surface area contributed by atoms with Crippen molar-refractivity contribution in [2.75, 3.05) is 20.0 Å². The molecule has 0 aromatic heterocycles.